The zero-order valence-corrected chi connectivity index (χ0v) is 19.5. The maximum atomic E-state index is 13.1. The van der Waals surface area contributed by atoms with Crippen LogP contribution in [0.3, 0.4) is 0 Å². The molecule has 0 bridgehead atoms. The van der Waals surface area contributed by atoms with E-state index >= 15 is 0 Å². The highest BCUT2D eigenvalue weighted by molar-refractivity contribution is 6.46. The van der Waals surface area contributed by atoms with Gasteiger partial charge < -0.3 is 19.6 Å². The van der Waals surface area contributed by atoms with Crippen LogP contribution >= 0.6 is 0 Å². The van der Waals surface area contributed by atoms with E-state index in [2.05, 4.69) is 23.7 Å². The van der Waals surface area contributed by atoms with E-state index in [0.29, 0.717) is 17.7 Å². The van der Waals surface area contributed by atoms with Gasteiger partial charge in [0.05, 0.1) is 11.6 Å². The van der Waals surface area contributed by atoms with Crippen molar-refractivity contribution >= 4 is 17.4 Å². The zero-order chi connectivity index (χ0) is 23.5. The molecule has 0 saturated carbocycles. The van der Waals surface area contributed by atoms with Crippen LogP contribution in [0.15, 0.2) is 48.3 Å². The maximum Gasteiger partial charge on any atom is 0.295 e. The lowest BCUT2D eigenvalue weighted by Gasteiger charge is -2.26. The number of hydrogen-bond acceptors (Lipinski definition) is 6. The molecule has 1 N–H and O–H groups in total. The van der Waals surface area contributed by atoms with E-state index in [1.54, 1.807) is 29.4 Å². The number of carbonyl (C=O) groups excluding carboxylic acids is 2. The number of amides is 1. The summed E-state index contributed by atoms with van der Waals surface area (Å²) in [4.78, 5) is 34.3. The Bertz CT molecular complexity index is 1060. The number of pyridine rings is 1. The lowest BCUT2D eigenvalue weighted by molar-refractivity contribution is -0.140. The molecule has 2 aliphatic heterocycles. The van der Waals surface area contributed by atoms with Crippen LogP contribution in [0.2, 0.25) is 0 Å². The third-order valence-corrected chi connectivity index (χ3v) is 6.48. The first kappa shape index (κ1) is 23.0. The fourth-order valence-corrected chi connectivity index (χ4v) is 4.72. The number of nitrogens with zero attached hydrogens (tertiary/aromatic N) is 3. The van der Waals surface area contributed by atoms with E-state index in [-0.39, 0.29) is 17.4 Å². The molecule has 7 heteroatoms. The number of Topliss-reactive ketones (excluding diaryl/α,β-unsaturated/α-hetero) is 1. The maximum absolute atomic E-state index is 13.1. The molecule has 2 atom stereocenters. The highest BCUT2D eigenvalue weighted by Crippen LogP contribution is 2.40. The number of likely N-dealkylation sites (tertiary alicyclic amines) is 1. The zero-order valence-electron chi connectivity index (χ0n) is 19.5. The Kier molecular flexibility index (Phi) is 6.79. The second kappa shape index (κ2) is 9.75. The fraction of sp³-hybridized carbons (Fsp3) is 0.423. The number of hydrogen-bond donors (Lipinski definition) is 1. The number of rotatable bonds is 8. The summed E-state index contributed by atoms with van der Waals surface area (Å²) < 4.78 is 5.76. The van der Waals surface area contributed by atoms with E-state index in [4.69, 9.17) is 4.74 Å². The monoisotopic (exact) mass is 449 g/mol. The van der Waals surface area contributed by atoms with Gasteiger partial charge in [-0.15, -0.1) is 0 Å². The van der Waals surface area contributed by atoms with Crippen LogP contribution < -0.4 is 4.74 Å². The van der Waals surface area contributed by atoms with Gasteiger partial charge in [0.25, 0.3) is 11.7 Å². The van der Waals surface area contributed by atoms with Crippen LogP contribution in [0, 0.1) is 0 Å². The van der Waals surface area contributed by atoms with E-state index in [1.165, 1.54) is 0 Å². The van der Waals surface area contributed by atoms with Crippen LogP contribution in [-0.2, 0) is 16.0 Å². The van der Waals surface area contributed by atoms with E-state index in [0.717, 1.165) is 43.8 Å². The summed E-state index contributed by atoms with van der Waals surface area (Å²) >= 11 is 0. The first-order valence-electron chi connectivity index (χ1n) is 11.6. The highest BCUT2D eigenvalue weighted by Gasteiger charge is 2.46. The Morgan fingerprint density at radius 3 is 2.73 bits per heavy atom. The minimum atomic E-state index is -0.668. The molecule has 1 amide bonds. The Hall–Kier alpha value is -3.19. The summed E-state index contributed by atoms with van der Waals surface area (Å²) in [5.74, 6) is -0.604. The molecule has 0 radical (unpaired) electrons. The largest absolute Gasteiger partial charge is 0.507 e. The standard InChI is InChI=1S/C26H31N3O4/c1-4-28(5-2)12-7-13-29-23(19-8-6-11-27-16-19)22(25(31)26(29)32)24(30)18-9-10-21-20(15-18)14-17(3)33-21/h6,8-11,15-17,23,30H,4-5,7,12-14H2,1-3H3/b24-22+/t17-,23+/m1/s1. The fourth-order valence-electron chi connectivity index (χ4n) is 4.72. The van der Waals surface area contributed by atoms with Gasteiger partial charge in [-0.05, 0) is 68.4 Å². The number of aliphatic hydroxyl groups excluding tert-OH is 1. The van der Waals surface area contributed by atoms with Gasteiger partial charge in [-0.25, -0.2) is 0 Å². The van der Waals surface area contributed by atoms with Crippen molar-refractivity contribution < 1.29 is 19.4 Å². The van der Waals surface area contributed by atoms with Crippen molar-refractivity contribution in [2.45, 2.75) is 45.8 Å². The summed E-state index contributed by atoms with van der Waals surface area (Å²) in [6, 6.07) is 8.35. The molecule has 3 heterocycles. The van der Waals surface area contributed by atoms with Crippen molar-refractivity contribution in [2.75, 3.05) is 26.2 Å². The molecule has 1 aromatic heterocycles. The third-order valence-electron chi connectivity index (χ3n) is 6.48. The number of ether oxygens (including phenoxy) is 1. The number of aromatic nitrogens is 1. The first-order chi connectivity index (χ1) is 15.9. The van der Waals surface area contributed by atoms with Gasteiger partial charge in [0.15, 0.2) is 0 Å². The normalized spacial score (nSPS) is 21.5. The lowest BCUT2D eigenvalue weighted by atomic mass is 9.95. The van der Waals surface area contributed by atoms with Gasteiger partial charge in [-0.2, -0.15) is 0 Å². The van der Waals surface area contributed by atoms with Crippen LogP contribution in [-0.4, -0.2) is 63.9 Å². The first-order valence-corrected chi connectivity index (χ1v) is 11.6. The van der Waals surface area contributed by atoms with Crippen LogP contribution in [0.25, 0.3) is 5.76 Å². The molecule has 0 unspecified atom stereocenters. The van der Waals surface area contributed by atoms with Crippen molar-refractivity contribution in [3.05, 3.63) is 65.0 Å². The van der Waals surface area contributed by atoms with Gasteiger partial charge in [-0.3, -0.25) is 14.6 Å². The Labute approximate surface area is 194 Å². The lowest BCUT2D eigenvalue weighted by Crippen LogP contribution is -2.33. The molecule has 1 saturated heterocycles. The van der Waals surface area contributed by atoms with Gasteiger partial charge in [0, 0.05) is 30.9 Å². The van der Waals surface area contributed by atoms with Gasteiger partial charge in [0.2, 0.25) is 0 Å². The summed E-state index contributed by atoms with van der Waals surface area (Å²) in [5, 5.41) is 11.3. The number of benzene rings is 1. The van der Waals surface area contributed by atoms with Gasteiger partial charge >= 0.3 is 0 Å². The van der Waals surface area contributed by atoms with Crippen LogP contribution in [0.1, 0.15) is 49.9 Å². The second-order valence-electron chi connectivity index (χ2n) is 8.61. The molecule has 7 nitrogen and oxygen atoms in total. The predicted octanol–water partition coefficient (Wildman–Crippen LogP) is 3.56. The number of ketones is 1. The molecule has 1 fully saturated rings. The SMILES string of the molecule is CCN(CC)CCCN1C(=O)C(=O)/C(=C(/O)c2ccc3c(c2)C[C@@H](C)O3)[C@@H]1c1cccnc1. The van der Waals surface area contributed by atoms with Gasteiger partial charge in [0.1, 0.15) is 17.6 Å². The Morgan fingerprint density at radius 2 is 2.03 bits per heavy atom. The quantitative estimate of drug-likeness (QED) is 0.377. The Morgan fingerprint density at radius 1 is 1.24 bits per heavy atom. The number of aliphatic hydroxyl groups is 1. The van der Waals surface area contributed by atoms with Crippen molar-refractivity contribution in [3.63, 3.8) is 0 Å². The Balaban J connectivity index is 1.71. The van der Waals surface area contributed by atoms with Crippen molar-refractivity contribution in [3.8, 4) is 5.75 Å². The molecule has 0 spiro atoms. The van der Waals surface area contributed by atoms with E-state index in [9.17, 15) is 14.7 Å². The van der Waals surface area contributed by atoms with Crippen LogP contribution in [0.5, 0.6) is 5.75 Å². The van der Waals surface area contributed by atoms with E-state index in [1.807, 2.05) is 25.1 Å². The summed E-state index contributed by atoms with van der Waals surface area (Å²) in [5.41, 5.74) is 2.32. The predicted molar refractivity (Wildman–Crippen MR) is 126 cm³/mol. The summed E-state index contributed by atoms with van der Waals surface area (Å²) in [6.07, 6.45) is 4.85. The second-order valence-corrected chi connectivity index (χ2v) is 8.61. The molecule has 0 aliphatic carbocycles. The number of carbonyl (C=O) groups is 2. The summed E-state index contributed by atoms with van der Waals surface area (Å²) in [6.45, 7) is 9.32. The average Bonchev–Trinajstić information content (AvgIpc) is 3.32. The van der Waals surface area contributed by atoms with Crippen molar-refractivity contribution in [2.24, 2.45) is 0 Å². The molecule has 2 aliphatic rings. The smallest absolute Gasteiger partial charge is 0.295 e. The molecule has 174 valence electrons. The van der Waals surface area contributed by atoms with Gasteiger partial charge in [-0.1, -0.05) is 19.9 Å². The summed E-state index contributed by atoms with van der Waals surface area (Å²) in [7, 11) is 0. The number of fused-ring (bicyclic) bond motifs is 1. The molecular formula is C26H31N3O4. The van der Waals surface area contributed by atoms with Crippen molar-refractivity contribution in [1.82, 2.24) is 14.8 Å². The molecule has 4 rings (SSSR count). The molecule has 2 aromatic rings. The highest BCUT2D eigenvalue weighted by atomic mass is 16.5. The topological polar surface area (TPSA) is 83.0 Å². The van der Waals surface area contributed by atoms with Crippen molar-refractivity contribution in [1.29, 1.82) is 0 Å². The molecule has 33 heavy (non-hydrogen) atoms. The van der Waals surface area contributed by atoms with E-state index < -0.39 is 17.7 Å². The minimum absolute atomic E-state index is 0.0733. The average molecular weight is 450 g/mol. The molecule has 1 aromatic carbocycles. The molecular weight excluding hydrogens is 418 g/mol. The van der Waals surface area contributed by atoms with Crippen LogP contribution in [0.4, 0.5) is 0 Å². The third kappa shape index (κ3) is 4.50. The minimum Gasteiger partial charge on any atom is -0.507 e.